The maximum absolute atomic E-state index is 11.9. The van der Waals surface area contributed by atoms with Crippen LogP contribution >= 0.6 is 0 Å². The minimum atomic E-state index is -5.40. The molecule has 0 aromatic rings. The first-order valence-corrected chi connectivity index (χ1v) is 4.26. The summed E-state index contributed by atoms with van der Waals surface area (Å²) < 4.78 is 64.2. The summed E-state index contributed by atoms with van der Waals surface area (Å²) in [5.74, 6) is 0. The summed E-state index contributed by atoms with van der Waals surface area (Å²) in [6, 6.07) is 0. The first-order chi connectivity index (χ1) is 6.10. The van der Waals surface area contributed by atoms with Crippen molar-refractivity contribution in [3.8, 4) is 0 Å². The van der Waals surface area contributed by atoms with E-state index in [2.05, 4.69) is 0 Å². The third-order valence-corrected chi connectivity index (χ3v) is 1.95. The van der Waals surface area contributed by atoms with Gasteiger partial charge in [0.05, 0.1) is 0 Å². The second-order valence-electron chi connectivity index (χ2n) is 2.08. The SMILES string of the molecule is FC[C](F)([Mg][F])C(F)(F)F.OB(O)O. The van der Waals surface area contributed by atoms with Crippen LogP contribution in [0.15, 0.2) is 0 Å². The number of halogens is 6. The molecule has 0 fully saturated rings. The zero-order valence-corrected chi connectivity index (χ0v) is 8.02. The Morgan fingerprint density at radius 2 is 1.36 bits per heavy atom. The lowest BCUT2D eigenvalue weighted by molar-refractivity contribution is -0.205. The van der Waals surface area contributed by atoms with Gasteiger partial charge in [0.25, 0.3) is 0 Å². The third kappa shape index (κ3) is 6.70. The van der Waals surface area contributed by atoms with Crippen molar-refractivity contribution in [1.29, 1.82) is 0 Å². The highest BCUT2D eigenvalue weighted by atomic mass is 24.6. The number of rotatable bonds is 2. The fourth-order valence-corrected chi connectivity index (χ4v) is 0.410. The predicted molar refractivity (Wildman–Crippen MR) is 35.1 cm³/mol. The summed E-state index contributed by atoms with van der Waals surface area (Å²) in [6.45, 7) is -2.32. The van der Waals surface area contributed by atoms with E-state index in [4.69, 9.17) is 15.1 Å². The molecule has 0 aliphatic carbocycles. The highest BCUT2D eigenvalue weighted by Crippen LogP contribution is 2.33. The molecule has 0 spiro atoms. The minimum Gasteiger partial charge on any atom is -0.480 e. The summed E-state index contributed by atoms with van der Waals surface area (Å²) in [5.41, 5.74) is 0. The van der Waals surface area contributed by atoms with Crippen molar-refractivity contribution in [3.63, 3.8) is 0 Å². The van der Waals surface area contributed by atoms with Crippen molar-refractivity contribution >= 4 is 28.2 Å². The van der Waals surface area contributed by atoms with Gasteiger partial charge in [-0.25, -0.2) is 4.39 Å². The smallest absolute Gasteiger partial charge is 0.480 e. The highest BCUT2D eigenvalue weighted by molar-refractivity contribution is 6.31. The van der Waals surface area contributed by atoms with Crippen LogP contribution in [-0.4, -0.2) is 60.0 Å². The van der Waals surface area contributed by atoms with Crippen molar-refractivity contribution in [2.24, 2.45) is 0 Å². The molecular weight excluding hydrogens is 233 g/mol. The lowest BCUT2D eigenvalue weighted by atomic mass is 10.3. The zero-order valence-electron chi connectivity index (χ0n) is 6.60. The van der Waals surface area contributed by atoms with Gasteiger partial charge < -0.3 is 18.0 Å². The van der Waals surface area contributed by atoms with E-state index >= 15 is 0 Å². The largest absolute Gasteiger partial charge is 0.674 e. The Kier molecular flexibility index (Phi) is 8.02. The molecule has 0 aromatic heterocycles. The molecule has 82 valence electrons. The van der Waals surface area contributed by atoms with E-state index in [1.165, 1.54) is 0 Å². The molecule has 0 saturated carbocycles. The van der Waals surface area contributed by atoms with Gasteiger partial charge in [0.1, 0.15) is 6.67 Å². The van der Waals surface area contributed by atoms with Crippen LogP contribution < -0.4 is 0 Å². The van der Waals surface area contributed by atoms with Gasteiger partial charge in [-0.1, -0.05) is 0 Å². The molecule has 3 nitrogen and oxygen atoms in total. The monoisotopic (exact) mass is 238 g/mol. The second kappa shape index (κ2) is 6.72. The normalized spacial score (nSPS) is 14.6. The molecule has 0 aliphatic rings. The molecule has 0 bridgehead atoms. The van der Waals surface area contributed by atoms with Gasteiger partial charge in [-0.05, 0) is 0 Å². The molecule has 0 heterocycles. The Bertz CT molecular complexity index is 147. The van der Waals surface area contributed by atoms with Crippen LogP contribution in [0.25, 0.3) is 0 Å². The molecule has 0 saturated heterocycles. The van der Waals surface area contributed by atoms with Crippen molar-refractivity contribution in [2.75, 3.05) is 6.67 Å². The van der Waals surface area contributed by atoms with Gasteiger partial charge in [-0.2, -0.15) is 13.2 Å². The summed E-state index contributed by atoms with van der Waals surface area (Å²) in [6.07, 6.45) is -5.40. The number of hydrogen-bond donors (Lipinski definition) is 3. The fraction of sp³-hybridized carbons (Fsp3) is 1.00. The summed E-state index contributed by atoms with van der Waals surface area (Å²) in [7, 11) is -2.17. The average Bonchev–Trinajstić information content (AvgIpc) is 2.00. The van der Waals surface area contributed by atoms with Crippen LogP contribution in [0, 0.1) is 0 Å². The van der Waals surface area contributed by atoms with Gasteiger partial charge in [0.2, 0.25) is 0 Å². The van der Waals surface area contributed by atoms with Gasteiger partial charge in [-0.3, -0.25) is 4.39 Å². The lowest BCUT2D eigenvalue weighted by Crippen LogP contribution is -2.47. The van der Waals surface area contributed by atoms with E-state index in [-0.39, 0.29) is 0 Å². The molecule has 1 atom stereocenters. The Labute approximate surface area is 85.4 Å². The standard InChI is InChI=1S/C3H2F5.BH3O3.FH.Mg/c4-1-2(5)3(6,7)8;2-1(3)4;;/h1H2;2-4H;1H;/q;;;+1/p-1. The summed E-state index contributed by atoms with van der Waals surface area (Å²) >= 11 is -3.54. The fourth-order valence-electron chi connectivity index (χ4n) is 0.187. The Hall–Kier alpha value is 0.291. The van der Waals surface area contributed by atoms with E-state index in [0.29, 0.717) is 0 Å². The number of hydrogen-bond acceptors (Lipinski definition) is 3. The first-order valence-electron chi connectivity index (χ1n) is 3.02. The Morgan fingerprint density at radius 1 is 1.07 bits per heavy atom. The molecular formula is C3H5BF6MgO3. The Balaban J connectivity index is 0. The second-order valence-corrected chi connectivity index (χ2v) is 3.46. The predicted octanol–water partition coefficient (Wildman–Crippen LogP) is -0.279. The quantitative estimate of drug-likeness (QED) is 0.458. The average molecular weight is 238 g/mol. The van der Waals surface area contributed by atoms with Crippen molar-refractivity contribution in [2.45, 2.75) is 9.97 Å². The van der Waals surface area contributed by atoms with Crippen LogP contribution in [0.1, 0.15) is 0 Å². The van der Waals surface area contributed by atoms with E-state index in [1.54, 1.807) is 0 Å². The van der Waals surface area contributed by atoms with E-state index < -0.39 is 44.9 Å². The van der Waals surface area contributed by atoms with Crippen LogP contribution in [0.5, 0.6) is 0 Å². The molecule has 0 radical (unpaired) electrons. The minimum absolute atomic E-state index is 2.17. The molecule has 14 heavy (non-hydrogen) atoms. The molecule has 0 amide bonds. The summed E-state index contributed by atoms with van der Waals surface area (Å²) in [4.78, 5) is 0. The van der Waals surface area contributed by atoms with Crippen LogP contribution in [0.4, 0.5) is 24.9 Å². The van der Waals surface area contributed by atoms with E-state index in [9.17, 15) is 24.9 Å². The highest BCUT2D eigenvalue weighted by Gasteiger charge is 2.58. The maximum atomic E-state index is 11.9. The van der Waals surface area contributed by atoms with Crippen LogP contribution in [-0.2, 0) is 0 Å². The zero-order chi connectivity index (χ0) is 12.0. The van der Waals surface area contributed by atoms with Gasteiger partial charge in [-0.15, -0.1) is 0 Å². The molecule has 3 N–H and O–H groups in total. The van der Waals surface area contributed by atoms with Crippen molar-refractivity contribution < 1.29 is 40.0 Å². The van der Waals surface area contributed by atoms with Crippen molar-refractivity contribution in [1.82, 2.24) is 0 Å². The maximum Gasteiger partial charge on any atom is 0.674 e. The van der Waals surface area contributed by atoms with Crippen molar-refractivity contribution in [3.05, 3.63) is 0 Å². The van der Waals surface area contributed by atoms with Gasteiger partial charge in [0.15, 0.2) is 3.80 Å². The first kappa shape index (κ1) is 16.7. The van der Waals surface area contributed by atoms with Crippen LogP contribution in [0.2, 0.25) is 0 Å². The molecule has 0 rings (SSSR count). The molecule has 0 aliphatic heterocycles. The van der Waals surface area contributed by atoms with Gasteiger partial charge >= 0.3 is 34.4 Å². The van der Waals surface area contributed by atoms with Gasteiger partial charge in [0, 0.05) is 0 Å². The molecule has 1 unspecified atom stereocenters. The molecule has 11 heteroatoms. The lowest BCUT2D eigenvalue weighted by Gasteiger charge is -2.20. The Morgan fingerprint density at radius 3 is 1.36 bits per heavy atom. The van der Waals surface area contributed by atoms with E-state index in [0.717, 1.165) is 0 Å². The van der Waals surface area contributed by atoms with E-state index in [1.807, 2.05) is 0 Å². The summed E-state index contributed by atoms with van der Waals surface area (Å²) in [5, 5.41) is 21.5. The molecule has 0 aromatic carbocycles. The third-order valence-electron chi connectivity index (χ3n) is 0.932. The topological polar surface area (TPSA) is 60.7 Å². The van der Waals surface area contributed by atoms with Crippen LogP contribution in [0.3, 0.4) is 0 Å². The number of alkyl halides is 5.